The summed E-state index contributed by atoms with van der Waals surface area (Å²) < 4.78 is 17.0. The largest absolute Gasteiger partial charge is 0.494 e. The summed E-state index contributed by atoms with van der Waals surface area (Å²) >= 11 is 6.03. The van der Waals surface area contributed by atoms with Gasteiger partial charge in [-0.2, -0.15) is 0 Å². The third-order valence-electron chi connectivity index (χ3n) is 5.75. The molecule has 196 valence electrons. The molecule has 1 aliphatic rings. The molecule has 3 aromatic rings. The van der Waals surface area contributed by atoms with Gasteiger partial charge in [-0.05, 0) is 72.2 Å². The Morgan fingerprint density at radius 3 is 2.45 bits per heavy atom. The van der Waals surface area contributed by atoms with Gasteiger partial charge in [-0.1, -0.05) is 43.1 Å². The number of hydrogen-bond acceptors (Lipinski definition) is 6. The van der Waals surface area contributed by atoms with Crippen LogP contribution in [0.3, 0.4) is 0 Å². The Hall–Kier alpha value is -4.30. The van der Waals surface area contributed by atoms with Crippen LogP contribution in [0.15, 0.2) is 72.3 Å². The molecule has 1 saturated heterocycles. The molecule has 0 atom stereocenters. The Kier molecular flexibility index (Phi) is 8.66. The van der Waals surface area contributed by atoms with Gasteiger partial charge in [-0.3, -0.25) is 14.9 Å². The van der Waals surface area contributed by atoms with Crippen LogP contribution < -0.4 is 24.4 Å². The van der Waals surface area contributed by atoms with Gasteiger partial charge in [0, 0.05) is 5.02 Å². The molecule has 4 amide bonds. The van der Waals surface area contributed by atoms with E-state index in [4.69, 9.17) is 25.8 Å². The molecule has 0 bridgehead atoms. The second kappa shape index (κ2) is 12.3. The van der Waals surface area contributed by atoms with Crippen molar-refractivity contribution in [2.24, 2.45) is 0 Å². The SMILES string of the molecule is CCCCOc1ccc(N2C(=O)NC(=O)/C(=C/c3ccc(OCc4cccc(Cl)c4)c(OC)c3)C2=O)cc1. The molecule has 0 unspecified atom stereocenters. The number of carbonyl (C=O) groups is 3. The monoisotopic (exact) mass is 534 g/mol. The molecule has 9 heteroatoms. The van der Waals surface area contributed by atoms with Crippen molar-refractivity contribution in [3.05, 3.63) is 88.5 Å². The summed E-state index contributed by atoms with van der Waals surface area (Å²) in [6.07, 6.45) is 3.34. The number of amides is 4. The topological polar surface area (TPSA) is 94.2 Å². The van der Waals surface area contributed by atoms with E-state index in [2.05, 4.69) is 12.2 Å². The van der Waals surface area contributed by atoms with E-state index in [1.54, 1.807) is 54.6 Å². The fourth-order valence-corrected chi connectivity index (χ4v) is 3.98. The highest BCUT2D eigenvalue weighted by atomic mass is 35.5. The predicted molar refractivity (Wildman–Crippen MR) is 145 cm³/mol. The van der Waals surface area contributed by atoms with Crippen LogP contribution in [0.4, 0.5) is 10.5 Å². The van der Waals surface area contributed by atoms with Crippen LogP contribution in [0.2, 0.25) is 5.02 Å². The average Bonchev–Trinajstić information content (AvgIpc) is 2.91. The molecule has 1 heterocycles. The van der Waals surface area contributed by atoms with Gasteiger partial charge in [0.25, 0.3) is 11.8 Å². The maximum atomic E-state index is 13.2. The molecule has 0 spiro atoms. The van der Waals surface area contributed by atoms with E-state index < -0.39 is 17.8 Å². The number of barbiturate groups is 1. The molecular weight excluding hydrogens is 508 g/mol. The quantitative estimate of drug-likeness (QED) is 0.201. The number of urea groups is 1. The van der Waals surface area contributed by atoms with Gasteiger partial charge in [-0.15, -0.1) is 0 Å². The van der Waals surface area contributed by atoms with Crippen molar-refractivity contribution in [1.82, 2.24) is 5.32 Å². The third kappa shape index (κ3) is 6.33. The van der Waals surface area contributed by atoms with Crippen molar-refractivity contribution in [1.29, 1.82) is 0 Å². The van der Waals surface area contributed by atoms with Gasteiger partial charge in [0.05, 0.1) is 19.4 Å². The number of halogens is 1. The first-order chi connectivity index (χ1) is 18.4. The highest BCUT2D eigenvalue weighted by Gasteiger charge is 2.36. The van der Waals surface area contributed by atoms with Crippen molar-refractivity contribution in [2.75, 3.05) is 18.6 Å². The fourth-order valence-electron chi connectivity index (χ4n) is 3.77. The molecule has 38 heavy (non-hydrogen) atoms. The summed E-state index contributed by atoms with van der Waals surface area (Å²) in [6, 6.07) is 18.1. The number of methoxy groups -OCH3 is 1. The number of nitrogens with zero attached hydrogens (tertiary/aromatic N) is 1. The molecule has 1 aliphatic heterocycles. The highest BCUT2D eigenvalue weighted by molar-refractivity contribution is 6.39. The van der Waals surface area contributed by atoms with Crippen LogP contribution in [0.25, 0.3) is 6.08 Å². The summed E-state index contributed by atoms with van der Waals surface area (Å²) in [5.41, 5.74) is 1.53. The first-order valence-electron chi connectivity index (χ1n) is 12.1. The van der Waals surface area contributed by atoms with Crippen molar-refractivity contribution < 1.29 is 28.6 Å². The molecular formula is C29H27ClN2O6. The minimum atomic E-state index is -0.820. The van der Waals surface area contributed by atoms with Crippen LogP contribution in [0, 0.1) is 0 Å². The van der Waals surface area contributed by atoms with Gasteiger partial charge < -0.3 is 14.2 Å². The Labute approximate surface area is 225 Å². The summed E-state index contributed by atoms with van der Waals surface area (Å²) in [5.74, 6) is 0.00193. The van der Waals surface area contributed by atoms with Crippen molar-refractivity contribution >= 4 is 41.2 Å². The summed E-state index contributed by atoms with van der Waals surface area (Å²) in [5, 5.41) is 2.84. The number of imide groups is 2. The lowest BCUT2D eigenvalue weighted by Crippen LogP contribution is -2.54. The average molecular weight is 535 g/mol. The molecule has 0 aromatic heterocycles. The molecule has 4 rings (SSSR count). The van der Waals surface area contributed by atoms with Crippen LogP contribution in [0.5, 0.6) is 17.2 Å². The van der Waals surface area contributed by atoms with Gasteiger partial charge in [-0.25, -0.2) is 9.69 Å². The van der Waals surface area contributed by atoms with Crippen molar-refractivity contribution in [3.63, 3.8) is 0 Å². The number of carbonyl (C=O) groups excluding carboxylic acids is 3. The van der Waals surface area contributed by atoms with E-state index in [1.165, 1.54) is 13.2 Å². The first kappa shape index (κ1) is 26.8. The molecule has 0 radical (unpaired) electrons. The summed E-state index contributed by atoms with van der Waals surface area (Å²) in [4.78, 5) is 39.3. The summed E-state index contributed by atoms with van der Waals surface area (Å²) in [7, 11) is 1.49. The normalized spacial score (nSPS) is 14.4. The molecule has 0 saturated carbocycles. The van der Waals surface area contributed by atoms with Crippen molar-refractivity contribution in [3.8, 4) is 17.2 Å². The van der Waals surface area contributed by atoms with Crippen molar-refractivity contribution in [2.45, 2.75) is 26.4 Å². The number of anilines is 1. The summed E-state index contributed by atoms with van der Waals surface area (Å²) in [6.45, 7) is 2.92. The smallest absolute Gasteiger partial charge is 0.335 e. The number of hydrogen-bond donors (Lipinski definition) is 1. The Balaban J connectivity index is 1.53. The number of ether oxygens (including phenoxy) is 3. The zero-order valence-corrected chi connectivity index (χ0v) is 21.8. The van der Waals surface area contributed by atoms with Crippen LogP contribution in [-0.2, 0) is 16.2 Å². The zero-order valence-electron chi connectivity index (χ0n) is 21.0. The van der Waals surface area contributed by atoms with E-state index >= 15 is 0 Å². The van der Waals surface area contributed by atoms with E-state index in [1.807, 2.05) is 12.1 Å². The van der Waals surface area contributed by atoms with Crippen LogP contribution >= 0.6 is 11.6 Å². The van der Waals surface area contributed by atoms with Gasteiger partial charge >= 0.3 is 6.03 Å². The Morgan fingerprint density at radius 2 is 1.74 bits per heavy atom. The minimum Gasteiger partial charge on any atom is -0.494 e. The molecule has 8 nitrogen and oxygen atoms in total. The Bertz CT molecular complexity index is 1370. The van der Waals surface area contributed by atoms with E-state index in [-0.39, 0.29) is 12.2 Å². The number of unbranched alkanes of at least 4 members (excludes halogenated alkanes) is 1. The Morgan fingerprint density at radius 1 is 0.947 bits per heavy atom. The predicted octanol–water partition coefficient (Wildman–Crippen LogP) is 5.77. The van der Waals surface area contributed by atoms with E-state index in [9.17, 15) is 14.4 Å². The molecule has 0 aliphatic carbocycles. The molecule has 1 N–H and O–H groups in total. The van der Waals surface area contributed by atoms with Crippen LogP contribution in [0.1, 0.15) is 30.9 Å². The standard InChI is InChI=1S/C29H27ClN2O6/c1-3-4-14-37-23-11-9-22(10-12-23)32-28(34)24(27(33)31-29(32)35)16-19-8-13-25(26(17-19)36-2)38-18-20-6-5-7-21(30)15-20/h5-13,15-17H,3-4,14,18H2,1-2H3,(H,31,33,35)/b24-16-. The second-order valence-electron chi connectivity index (χ2n) is 8.48. The maximum Gasteiger partial charge on any atom is 0.335 e. The molecule has 1 fully saturated rings. The fraction of sp³-hybridized carbons (Fsp3) is 0.207. The zero-order chi connectivity index (χ0) is 27.1. The van der Waals surface area contributed by atoms with Gasteiger partial charge in [0.15, 0.2) is 11.5 Å². The first-order valence-corrected chi connectivity index (χ1v) is 12.5. The number of nitrogens with one attached hydrogen (secondary N) is 1. The number of benzene rings is 3. The second-order valence-corrected chi connectivity index (χ2v) is 8.92. The van der Waals surface area contributed by atoms with E-state index in [0.717, 1.165) is 23.3 Å². The lowest BCUT2D eigenvalue weighted by Gasteiger charge is -2.26. The van der Waals surface area contributed by atoms with Gasteiger partial charge in [0.1, 0.15) is 17.9 Å². The lowest BCUT2D eigenvalue weighted by molar-refractivity contribution is -0.122. The highest BCUT2D eigenvalue weighted by Crippen LogP contribution is 2.31. The third-order valence-corrected chi connectivity index (χ3v) is 5.98. The molecule has 3 aromatic carbocycles. The number of rotatable bonds is 10. The lowest BCUT2D eigenvalue weighted by atomic mass is 10.1. The maximum absolute atomic E-state index is 13.2. The minimum absolute atomic E-state index is 0.192. The van der Waals surface area contributed by atoms with E-state index in [0.29, 0.717) is 40.1 Å². The van der Waals surface area contributed by atoms with Gasteiger partial charge in [0.2, 0.25) is 0 Å². The van der Waals surface area contributed by atoms with Crippen LogP contribution in [-0.4, -0.2) is 31.6 Å².